The molecule has 0 N–H and O–H groups in total. The van der Waals surface area contributed by atoms with Gasteiger partial charge < -0.3 is 0 Å². The summed E-state index contributed by atoms with van der Waals surface area (Å²) >= 11 is 1.97. The maximum atomic E-state index is 5.71. The van der Waals surface area contributed by atoms with E-state index in [1.165, 1.54) is 23.7 Å². The van der Waals surface area contributed by atoms with Crippen LogP contribution < -0.4 is 2.93 Å². The fourth-order valence-corrected chi connectivity index (χ4v) is 5.74. The van der Waals surface area contributed by atoms with Gasteiger partial charge in [-0.15, -0.1) is 0 Å². The Balaban J connectivity index is 1.72. The number of hydrogen-bond acceptors (Lipinski definition) is 2. The van der Waals surface area contributed by atoms with E-state index >= 15 is 0 Å². The van der Waals surface area contributed by atoms with Crippen LogP contribution in [0.5, 0.6) is 0 Å². The molecule has 0 aliphatic carbocycles. The Hall–Kier alpha value is 0.450. The second-order valence-corrected chi connectivity index (χ2v) is 8.02. The van der Waals surface area contributed by atoms with Gasteiger partial charge in [0.1, 0.15) is 0 Å². The van der Waals surface area contributed by atoms with Gasteiger partial charge in [-0.2, -0.15) is 0 Å². The molecule has 2 heterocycles. The zero-order valence-electron chi connectivity index (χ0n) is 7.57. The zero-order valence-corrected chi connectivity index (χ0v) is 10.7. The summed E-state index contributed by atoms with van der Waals surface area (Å²) in [6.07, 6.45) is 4.55. The Morgan fingerprint density at radius 3 is 3.23 bits per heavy atom. The molecule has 1 aliphatic rings. The molecule has 0 amide bonds. The van der Waals surface area contributed by atoms with E-state index in [1.807, 2.05) is 11.3 Å². The van der Waals surface area contributed by atoms with E-state index in [1.54, 1.807) is 2.93 Å². The van der Waals surface area contributed by atoms with Crippen molar-refractivity contribution < 1.29 is 4.74 Å². The molecule has 0 bridgehead atoms. The molecule has 72 valence electrons. The molecule has 0 radical (unpaired) electrons. The van der Waals surface area contributed by atoms with Gasteiger partial charge in [0.2, 0.25) is 0 Å². The number of hydrogen-bond donors (Lipinski definition) is 0. The van der Waals surface area contributed by atoms with E-state index in [0.29, 0.717) is 6.10 Å². The van der Waals surface area contributed by atoms with Gasteiger partial charge >= 0.3 is 93.9 Å². The van der Waals surface area contributed by atoms with Crippen molar-refractivity contribution in [2.75, 3.05) is 6.61 Å². The van der Waals surface area contributed by atoms with Gasteiger partial charge in [-0.1, -0.05) is 0 Å². The molecule has 2 rings (SSSR count). The van der Waals surface area contributed by atoms with Gasteiger partial charge in [-0.25, -0.2) is 0 Å². The summed E-state index contributed by atoms with van der Waals surface area (Å²) in [7, 11) is 0. The van der Waals surface area contributed by atoms with E-state index in [-0.39, 0.29) is 20.9 Å². The average Bonchev–Trinajstić information content (AvgIpc) is 2.69. The Morgan fingerprint density at radius 2 is 2.54 bits per heavy atom. The minimum atomic E-state index is 0.0574. The fourth-order valence-electron chi connectivity index (χ4n) is 1.46. The van der Waals surface area contributed by atoms with E-state index in [9.17, 15) is 0 Å². The molecule has 1 atom stereocenters. The van der Waals surface area contributed by atoms with E-state index in [4.69, 9.17) is 4.74 Å². The van der Waals surface area contributed by atoms with Crippen molar-refractivity contribution >= 4 is 35.2 Å². The van der Waals surface area contributed by atoms with Crippen molar-refractivity contribution in [3.05, 3.63) is 17.5 Å². The van der Waals surface area contributed by atoms with Crippen molar-refractivity contribution in [3.63, 3.8) is 0 Å². The first-order valence-corrected chi connectivity index (χ1v) is 8.42. The Labute approximate surface area is 93.6 Å². The molecule has 1 unspecified atom stereocenters. The molecule has 1 aromatic heterocycles. The van der Waals surface area contributed by atoms with Crippen LogP contribution in [0.25, 0.3) is 0 Å². The van der Waals surface area contributed by atoms with Gasteiger partial charge in [-0.3, -0.25) is 0 Å². The van der Waals surface area contributed by atoms with Crippen LogP contribution >= 0.6 is 11.3 Å². The normalized spacial score (nSPS) is 23.2. The zero-order chi connectivity index (χ0) is 8.93. The molecule has 1 saturated heterocycles. The molecule has 0 spiro atoms. The van der Waals surface area contributed by atoms with Crippen LogP contribution in [0.3, 0.4) is 0 Å². The van der Waals surface area contributed by atoms with Crippen molar-refractivity contribution in [1.29, 1.82) is 0 Å². The molecule has 1 aromatic rings. The Kier molecular flexibility index (Phi) is 4.12. The molecule has 0 saturated carbocycles. The first-order chi connectivity index (χ1) is 6.45. The topological polar surface area (TPSA) is 9.23 Å². The van der Waals surface area contributed by atoms with Crippen LogP contribution in [0.1, 0.15) is 19.3 Å². The number of ether oxygens (including phenoxy) is 1. The third kappa shape index (κ3) is 3.25. The van der Waals surface area contributed by atoms with Crippen molar-refractivity contribution in [2.24, 2.45) is 0 Å². The molecular weight excluding hydrogens is 296 g/mol. The molecule has 3 heteroatoms. The monoisotopic (exact) mass is 312 g/mol. The van der Waals surface area contributed by atoms with Crippen LogP contribution in [-0.2, 0) is 4.74 Å². The summed E-state index contributed by atoms with van der Waals surface area (Å²) in [6, 6.07) is 4.43. The standard InChI is InChI=1S/C10H14OSTe/c1-2-6-11-9(4-1)8-13-10-5-3-7-12-10/h3,5,7,9H,1-2,4,6,8H2. The molecule has 13 heavy (non-hydrogen) atoms. The second kappa shape index (κ2) is 5.36. The van der Waals surface area contributed by atoms with E-state index < -0.39 is 0 Å². The van der Waals surface area contributed by atoms with Crippen molar-refractivity contribution in [1.82, 2.24) is 0 Å². The Bertz CT molecular complexity index is 229. The third-order valence-corrected chi connectivity index (χ3v) is 7.19. The molecule has 0 aromatic carbocycles. The predicted molar refractivity (Wildman–Crippen MR) is 58.1 cm³/mol. The van der Waals surface area contributed by atoms with Gasteiger partial charge in [-0.05, 0) is 0 Å². The summed E-state index contributed by atoms with van der Waals surface area (Å²) in [5, 5.41) is 2.18. The van der Waals surface area contributed by atoms with Crippen LogP contribution in [0.4, 0.5) is 0 Å². The number of thiophene rings is 1. The minimum absolute atomic E-state index is 0.0574. The first kappa shape index (κ1) is 9.98. The quantitative estimate of drug-likeness (QED) is 0.777. The SMILES string of the molecule is c1csc([Te]CC2CCCCO2)c1. The maximum absolute atomic E-state index is 5.71. The number of rotatable bonds is 3. The molecule has 1 aliphatic heterocycles. The van der Waals surface area contributed by atoms with Crippen molar-refractivity contribution in [3.8, 4) is 0 Å². The summed E-state index contributed by atoms with van der Waals surface area (Å²) in [4.78, 5) is 0. The van der Waals surface area contributed by atoms with Crippen LogP contribution in [0.15, 0.2) is 17.5 Å². The van der Waals surface area contributed by atoms with E-state index in [2.05, 4.69) is 17.5 Å². The summed E-state index contributed by atoms with van der Waals surface area (Å²) in [6.45, 7) is 1.00. The molecule has 1 fully saturated rings. The molecular formula is C10H14OSTe. The average molecular weight is 310 g/mol. The summed E-state index contributed by atoms with van der Waals surface area (Å²) in [5.74, 6) is 0. The summed E-state index contributed by atoms with van der Waals surface area (Å²) in [5.41, 5.74) is 0. The summed E-state index contributed by atoms with van der Waals surface area (Å²) < 4.78 is 8.68. The fraction of sp³-hybridized carbons (Fsp3) is 0.600. The van der Waals surface area contributed by atoms with Gasteiger partial charge in [0, 0.05) is 0 Å². The van der Waals surface area contributed by atoms with Crippen molar-refractivity contribution in [2.45, 2.75) is 29.8 Å². The molecule has 1 nitrogen and oxygen atoms in total. The third-order valence-electron chi connectivity index (χ3n) is 2.18. The van der Waals surface area contributed by atoms with Gasteiger partial charge in [0.15, 0.2) is 0 Å². The van der Waals surface area contributed by atoms with E-state index in [0.717, 1.165) is 6.61 Å². The van der Waals surface area contributed by atoms with Crippen LogP contribution in [0, 0.1) is 0 Å². The Morgan fingerprint density at radius 1 is 1.54 bits per heavy atom. The first-order valence-electron chi connectivity index (χ1n) is 4.73. The van der Waals surface area contributed by atoms with Gasteiger partial charge in [0.25, 0.3) is 0 Å². The van der Waals surface area contributed by atoms with Gasteiger partial charge in [0.05, 0.1) is 0 Å². The van der Waals surface area contributed by atoms with Crippen LogP contribution in [0.2, 0.25) is 4.47 Å². The van der Waals surface area contributed by atoms with Crippen LogP contribution in [-0.4, -0.2) is 33.6 Å². The predicted octanol–water partition coefficient (Wildman–Crippen LogP) is 2.06. The second-order valence-electron chi connectivity index (χ2n) is 3.23.